The van der Waals surface area contributed by atoms with Crippen LogP contribution in [0.25, 0.3) is 0 Å². The number of rotatable bonds is 8. The van der Waals surface area contributed by atoms with Crippen LogP contribution in [0.4, 0.5) is 32.0 Å². The van der Waals surface area contributed by atoms with E-state index in [0.717, 1.165) is 24.3 Å². The van der Waals surface area contributed by atoms with E-state index < -0.39 is 59.4 Å². The number of carbonyl (C=O) groups excluding carboxylic acids is 3. The number of nitrogens with two attached hydrogens (primary N) is 1. The summed E-state index contributed by atoms with van der Waals surface area (Å²) in [6.07, 6.45) is -9.28. The SMILES string of the molecule is CC(NC(=O)CNC(=O)c1cc(C(F)(F)F)ccc1NCc1ccc(C(F)(F)F)cc1)C(N)=O. The van der Waals surface area contributed by atoms with E-state index in [0.29, 0.717) is 11.6 Å². The fourth-order valence-electron chi connectivity index (χ4n) is 2.69. The fourth-order valence-corrected chi connectivity index (χ4v) is 2.69. The number of halogens is 6. The number of nitrogens with one attached hydrogen (secondary N) is 3. The molecule has 2 aromatic rings. The number of benzene rings is 2. The third-order valence-electron chi connectivity index (χ3n) is 4.57. The summed E-state index contributed by atoms with van der Waals surface area (Å²) in [6.45, 7) is 0.559. The summed E-state index contributed by atoms with van der Waals surface area (Å²) in [6, 6.07) is 5.34. The average Bonchev–Trinajstić information content (AvgIpc) is 2.74. The molecule has 0 bridgehead atoms. The largest absolute Gasteiger partial charge is 0.416 e. The standard InChI is InChI=1S/C21H20F6N4O3/c1-11(18(28)33)31-17(32)10-30-19(34)15-8-14(21(25,26)27)6-7-16(15)29-9-12-2-4-13(5-3-12)20(22,23)24/h2-8,11,29H,9-10H2,1H3,(H2,28,33)(H,30,34)(H,31,32). The Bertz CT molecular complexity index is 1050. The Balaban J connectivity index is 2.18. The molecule has 2 rings (SSSR count). The highest BCUT2D eigenvalue weighted by Crippen LogP contribution is 2.32. The fraction of sp³-hybridized carbons (Fsp3) is 0.286. The molecule has 0 saturated carbocycles. The average molecular weight is 490 g/mol. The maximum atomic E-state index is 13.1. The van der Waals surface area contributed by atoms with Crippen molar-refractivity contribution >= 4 is 23.4 Å². The molecule has 0 spiro atoms. The molecule has 0 fully saturated rings. The van der Waals surface area contributed by atoms with E-state index in [2.05, 4.69) is 16.0 Å². The summed E-state index contributed by atoms with van der Waals surface area (Å²) in [4.78, 5) is 35.3. The van der Waals surface area contributed by atoms with E-state index in [9.17, 15) is 40.7 Å². The molecule has 5 N–H and O–H groups in total. The maximum Gasteiger partial charge on any atom is 0.416 e. The van der Waals surface area contributed by atoms with Crippen molar-refractivity contribution in [2.75, 3.05) is 11.9 Å². The summed E-state index contributed by atoms with van der Waals surface area (Å²) < 4.78 is 77.4. The first-order chi connectivity index (χ1) is 15.7. The van der Waals surface area contributed by atoms with E-state index in [1.54, 1.807) is 0 Å². The quantitative estimate of drug-likeness (QED) is 0.426. The molecule has 0 radical (unpaired) electrons. The van der Waals surface area contributed by atoms with Gasteiger partial charge in [-0.3, -0.25) is 14.4 Å². The van der Waals surface area contributed by atoms with Gasteiger partial charge in [0.2, 0.25) is 11.8 Å². The van der Waals surface area contributed by atoms with Gasteiger partial charge in [0.05, 0.1) is 23.2 Å². The molecule has 13 heteroatoms. The molecule has 0 aliphatic rings. The molecule has 0 aliphatic carbocycles. The molecule has 0 aromatic heterocycles. The van der Waals surface area contributed by atoms with Gasteiger partial charge in [0.1, 0.15) is 6.04 Å². The van der Waals surface area contributed by atoms with Gasteiger partial charge in [0.25, 0.3) is 5.91 Å². The summed E-state index contributed by atoms with van der Waals surface area (Å²) in [7, 11) is 0. The molecule has 3 amide bonds. The number of hydrogen-bond acceptors (Lipinski definition) is 4. The van der Waals surface area contributed by atoms with Crippen LogP contribution < -0.4 is 21.7 Å². The normalized spacial score (nSPS) is 12.6. The second-order valence-electron chi connectivity index (χ2n) is 7.18. The first kappa shape index (κ1) is 26.5. The predicted molar refractivity (Wildman–Crippen MR) is 109 cm³/mol. The minimum Gasteiger partial charge on any atom is -0.380 e. The van der Waals surface area contributed by atoms with Gasteiger partial charge in [-0.05, 0) is 42.8 Å². The van der Waals surface area contributed by atoms with E-state index in [1.165, 1.54) is 19.1 Å². The van der Waals surface area contributed by atoms with E-state index in [1.807, 2.05) is 0 Å². The van der Waals surface area contributed by atoms with Gasteiger partial charge in [0, 0.05) is 12.2 Å². The maximum absolute atomic E-state index is 13.1. The number of hydrogen-bond donors (Lipinski definition) is 4. The van der Waals surface area contributed by atoms with Crippen LogP contribution in [0.15, 0.2) is 42.5 Å². The molecular weight excluding hydrogens is 470 g/mol. The zero-order valence-electron chi connectivity index (χ0n) is 17.6. The molecular formula is C21H20F6N4O3. The zero-order valence-corrected chi connectivity index (χ0v) is 17.6. The monoisotopic (exact) mass is 490 g/mol. The number of alkyl halides is 6. The van der Waals surface area contributed by atoms with Crippen LogP contribution in [0.3, 0.4) is 0 Å². The molecule has 0 heterocycles. The lowest BCUT2D eigenvalue weighted by Crippen LogP contribution is -2.46. The molecule has 0 aliphatic heterocycles. The van der Waals surface area contributed by atoms with Crippen molar-refractivity contribution in [2.45, 2.75) is 31.9 Å². The van der Waals surface area contributed by atoms with Crippen LogP contribution in [0.2, 0.25) is 0 Å². The predicted octanol–water partition coefficient (Wildman–Crippen LogP) is 3.06. The molecule has 184 valence electrons. The number of anilines is 1. The Morgan fingerprint density at radius 1 is 0.912 bits per heavy atom. The van der Waals surface area contributed by atoms with Crippen molar-refractivity contribution in [3.05, 3.63) is 64.7 Å². The van der Waals surface area contributed by atoms with E-state index in [-0.39, 0.29) is 12.2 Å². The second kappa shape index (κ2) is 10.4. The highest BCUT2D eigenvalue weighted by Gasteiger charge is 2.32. The lowest BCUT2D eigenvalue weighted by atomic mass is 10.1. The van der Waals surface area contributed by atoms with Crippen molar-refractivity contribution in [1.82, 2.24) is 10.6 Å². The number of carbonyl (C=O) groups is 3. The number of amides is 3. The van der Waals surface area contributed by atoms with Gasteiger partial charge >= 0.3 is 12.4 Å². The highest BCUT2D eigenvalue weighted by molar-refractivity contribution is 6.01. The molecule has 1 atom stereocenters. The van der Waals surface area contributed by atoms with Crippen molar-refractivity contribution in [3.8, 4) is 0 Å². The van der Waals surface area contributed by atoms with Crippen molar-refractivity contribution < 1.29 is 40.7 Å². The Morgan fingerprint density at radius 3 is 2.00 bits per heavy atom. The minimum absolute atomic E-state index is 0.0451. The zero-order chi connectivity index (χ0) is 25.7. The Morgan fingerprint density at radius 2 is 1.47 bits per heavy atom. The number of primary amides is 1. The summed E-state index contributed by atoms with van der Waals surface area (Å²) in [5, 5.41) is 7.05. The van der Waals surface area contributed by atoms with E-state index in [4.69, 9.17) is 5.73 Å². The van der Waals surface area contributed by atoms with Crippen LogP contribution in [-0.2, 0) is 28.5 Å². The van der Waals surface area contributed by atoms with Crippen molar-refractivity contribution in [3.63, 3.8) is 0 Å². The molecule has 7 nitrogen and oxygen atoms in total. The Labute approximate surface area is 189 Å². The van der Waals surface area contributed by atoms with Gasteiger partial charge < -0.3 is 21.7 Å². The van der Waals surface area contributed by atoms with Crippen LogP contribution in [0.5, 0.6) is 0 Å². The smallest absolute Gasteiger partial charge is 0.380 e. The van der Waals surface area contributed by atoms with Crippen LogP contribution in [0.1, 0.15) is 34.0 Å². The van der Waals surface area contributed by atoms with Crippen LogP contribution >= 0.6 is 0 Å². The summed E-state index contributed by atoms with van der Waals surface area (Å²) in [5.41, 5.74) is 2.90. The summed E-state index contributed by atoms with van der Waals surface area (Å²) >= 11 is 0. The van der Waals surface area contributed by atoms with Gasteiger partial charge in [-0.15, -0.1) is 0 Å². The van der Waals surface area contributed by atoms with Crippen molar-refractivity contribution in [2.24, 2.45) is 5.73 Å². The van der Waals surface area contributed by atoms with Gasteiger partial charge in [-0.2, -0.15) is 26.3 Å². The molecule has 2 aromatic carbocycles. The first-order valence-electron chi connectivity index (χ1n) is 9.66. The van der Waals surface area contributed by atoms with Gasteiger partial charge in [-0.1, -0.05) is 12.1 Å². The minimum atomic E-state index is -4.75. The third kappa shape index (κ3) is 7.39. The van der Waals surface area contributed by atoms with Crippen LogP contribution in [-0.4, -0.2) is 30.3 Å². The lowest BCUT2D eigenvalue weighted by Gasteiger charge is -2.16. The van der Waals surface area contributed by atoms with Gasteiger partial charge in [-0.25, -0.2) is 0 Å². The topological polar surface area (TPSA) is 113 Å². The first-order valence-corrected chi connectivity index (χ1v) is 9.66. The molecule has 1 unspecified atom stereocenters. The lowest BCUT2D eigenvalue weighted by molar-refractivity contribution is -0.138. The van der Waals surface area contributed by atoms with Gasteiger partial charge in [0.15, 0.2) is 0 Å². The summed E-state index contributed by atoms with van der Waals surface area (Å²) in [5.74, 6) is -2.65. The Kier molecular flexibility index (Phi) is 8.13. The highest BCUT2D eigenvalue weighted by atomic mass is 19.4. The third-order valence-corrected chi connectivity index (χ3v) is 4.57. The van der Waals surface area contributed by atoms with E-state index >= 15 is 0 Å². The second-order valence-corrected chi connectivity index (χ2v) is 7.18. The van der Waals surface area contributed by atoms with Crippen LogP contribution in [0, 0.1) is 0 Å². The van der Waals surface area contributed by atoms with Crippen molar-refractivity contribution in [1.29, 1.82) is 0 Å². The molecule has 34 heavy (non-hydrogen) atoms. The molecule has 0 saturated heterocycles. The Hall–Kier alpha value is -3.77.